The van der Waals surface area contributed by atoms with Gasteiger partial charge in [0.2, 0.25) is 12.4 Å². The number of fused-ring (bicyclic) bond motifs is 14. The van der Waals surface area contributed by atoms with Gasteiger partial charge in [0.05, 0.1) is 26.2 Å². The lowest BCUT2D eigenvalue weighted by molar-refractivity contribution is -0.288. The van der Waals surface area contributed by atoms with Gasteiger partial charge in [0.25, 0.3) is 0 Å². The Kier molecular flexibility index (Phi) is 27.0. The predicted octanol–water partition coefficient (Wildman–Crippen LogP) is 15.6. The number of ether oxygens (including phenoxy) is 18. The standard InChI is InChI=1S/C48H37BrO19.C34H19BrO10.C11H19BrO3/c1-6-15-57-28-11-13-33-37(17-28)64-38-18-29(12-14-34(38)48(33)32-10-8-7-9-30(32)45(55)68-48)63-47(56)59-21-27-16-41(54)65-36-20-39(35(49)19-31(27)36)66-46-44(62-26(5)53)43(61-25(4)52)42(60-24(3)51)40(67-46)22-58-23(2)50;1-2-11-40-19-7-9-24-29(13-19)43-30-14-20(8-10-25(30)34(24)23-6-4-3-5-21(23)32(38)45-34)42-33(39)41-17-18-12-31(37)44-28-16-27(36)26(35)15-22(18)28;1-5-9-6(2)7(3)10(11(12)15-9)14-8(4)13/h1,7-14,16-20,40,42-44,46H,15,21-22H2,2-5H3;1,3-10,12-16,36H,11,17H2;6-7,9-11H,5H2,1-4H3/t40-,42+,43+,44-,46-,48?;;6-,7+,9-,10-,11+/m1.1/s1. The lowest BCUT2D eigenvalue weighted by Crippen LogP contribution is -2.63. The summed E-state index contributed by atoms with van der Waals surface area (Å²) in [7, 11) is 0. The van der Waals surface area contributed by atoms with Gasteiger partial charge in [-0.1, -0.05) is 84.9 Å². The van der Waals surface area contributed by atoms with Crippen molar-refractivity contribution in [2.75, 3.05) is 19.8 Å². The molecular weight excluding hydrogens is 1870 g/mol. The Morgan fingerprint density at radius 2 is 0.898 bits per heavy atom. The van der Waals surface area contributed by atoms with E-state index in [1.807, 2.05) is 12.1 Å². The summed E-state index contributed by atoms with van der Waals surface area (Å²) in [6, 6.07) is 41.3. The zero-order chi connectivity index (χ0) is 91.3. The first-order chi connectivity index (χ1) is 61.3. The monoisotopic (exact) mass is 1940 g/mol. The summed E-state index contributed by atoms with van der Waals surface area (Å²) in [5.41, 5.74) is 0.370. The van der Waals surface area contributed by atoms with Gasteiger partial charge in [0.1, 0.15) is 119 Å². The number of rotatable bonds is 19. The van der Waals surface area contributed by atoms with Crippen molar-refractivity contribution in [2.45, 2.75) is 134 Å². The van der Waals surface area contributed by atoms with Gasteiger partial charge >= 0.3 is 65.3 Å². The molecule has 2 saturated heterocycles. The number of alkyl halides is 1. The fraction of sp³-hybridized carbons (Fsp3) is 0.280. The van der Waals surface area contributed by atoms with Crippen molar-refractivity contribution in [3.05, 3.63) is 243 Å². The average molecular weight is 1940 g/mol. The van der Waals surface area contributed by atoms with Crippen LogP contribution in [0.1, 0.15) is 127 Å². The fourth-order valence-electron chi connectivity index (χ4n) is 15.6. The van der Waals surface area contributed by atoms with Crippen LogP contribution in [0, 0.1) is 36.5 Å². The van der Waals surface area contributed by atoms with E-state index in [2.05, 4.69) is 80.4 Å². The van der Waals surface area contributed by atoms with E-state index in [1.165, 1.54) is 55.5 Å². The number of phenolic OH excluding ortho intramolecular Hbond substituents is 1. The zero-order valence-corrected chi connectivity index (χ0v) is 73.7. The molecular formula is C93H75Br3O32. The molecule has 2 aromatic heterocycles. The van der Waals surface area contributed by atoms with Gasteiger partial charge in [-0.05, 0) is 117 Å². The van der Waals surface area contributed by atoms with Gasteiger partial charge in [-0.3, -0.25) is 24.0 Å². The Bertz CT molecular complexity index is 6340. The molecule has 16 rings (SSSR count). The summed E-state index contributed by atoms with van der Waals surface area (Å²) in [5.74, 6) is 2.92. The largest absolute Gasteiger partial charge is 0.514 e. The molecule has 8 heterocycles. The molecule has 2 fully saturated rings. The van der Waals surface area contributed by atoms with Crippen LogP contribution in [0.15, 0.2) is 185 Å². The summed E-state index contributed by atoms with van der Waals surface area (Å²) < 4.78 is 114. The minimum atomic E-state index is -1.61. The lowest BCUT2D eigenvalue weighted by Gasteiger charge is -2.44. The van der Waals surface area contributed by atoms with E-state index >= 15 is 0 Å². The van der Waals surface area contributed by atoms with E-state index < -0.39 is 114 Å². The van der Waals surface area contributed by atoms with E-state index in [9.17, 15) is 57.8 Å². The maximum absolute atomic E-state index is 13.3. The molecule has 6 aliphatic rings. The van der Waals surface area contributed by atoms with Gasteiger partial charge in [0.15, 0.2) is 23.4 Å². The number of esters is 7. The number of phenols is 1. The van der Waals surface area contributed by atoms with E-state index in [1.54, 1.807) is 91.0 Å². The van der Waals surface area contributed by atoms with Crippen LogP contribution in [0.2, 0.25) is 0 Å². The third-order valence-corrected chi connectivity index (χ3v) is 23.2. The highest BCUT2D eigenvalue weighted by Crippen LogP contribution is 2.59. The van der Waals surface area contributed by atoms with Crippen LogP contribution >= 0.6 is 47.8 Å². The van der Waals surface area contributed by atoms with E-state index in [0.29, 0.717) is 94.8 Å². The normalized spacial score (nSPS) is 21.4. The maximum atomic E-state index is 13.3. The van der Waals surface area contributed by atoms with Crippen molar-refractivity contribution in [1.82, 2.24) is 0 Å². The third kappa shape index (κ3) is 18.9. The molecule has 10 aromatic rings. The summed E-state index contributed by atoms with van der Waals surface area (Å²) in [6.07, 6.45) is 2.17. The number of terminal acetylenes is 2. The Morgan fingerprint density at radius 3 is 1.36 bits per heavy atom. The molecule has 0 radical (unpaired) electrons. The van der Waals surface area contributed by atoms with Crippen LogP contribution in [-0.2, 0) is 100 Å². The van der Waals surface area contributed by atoms with E-state index in [0.717, 1.165) is 40.2 Å². The summed E-state index contributed by atoms with van der Waals surface area (Å²) in [4.78, 5) is 137. The number of hydrogen-bond donors (Lipinski definition) is 1. The summed E-state index contributed by atoms with van der Waals surface area (Å²) >= 11 is 10.1. The number of benzene rings is 8. The van der Waals surface area contributed by atoms with Crippen LogP contribution in [0.25, 0.3) is 21.9 Å². The van der Waals surface area contributed by atoms with Crippen molar-refractivity contribution in [1.29, 1.82) is 0 Å². The quantitative estimate of drug-likeness (QED) is 0.0196. The highest BCUT2D eigenvalue weighted by atomic mass is 79.9. The Labute approximate surface area is 752 Å². The molecule has 32 nitrogen and oxygen atoms in total. The number of carbonyl (C=O) groups is 9. The number of hydrogen-bond acceptors (Lipinski definition) is 32. The Balaban J connectivity index is 0.000000188. The third-order valence-electron chi connectivity index (χ3n) is 21.2. The van der Waals surface area contributed by atoms with Crippen molar-refractivity contribution >= 4 is 124 Å². The molecule has 0 amide bonds. The molecule has 128 heavy (non-hydrogen) atoms. The van der Waals surface area contributed by atoms with E-state index in [-0.39, 0.29) is 104 Å². The molecule has 6 aliphatic heterocycles. The highest BCUT2D eigenvalue weighted by molar-refractivity contribution is 9.11. The Morgan fingerprint density at radius 1 is 0.469 bits per heavy atom. The van der Waals surface area contributed by atoms with Crippen molar-refractivity contribution in [3.63, 3.8) is 0 Å². The molecule has 0 bridgehead atoms. The fourth-order valence-corrected chi connectivity index (χ4v) is 17.3. The predicted molar refractivity (Wildman–Crippen MR) is 456 cm³/mol. The van der Waals surface area contributed by atoms with Crippen molar-refractivity contribution < 1.29 is 142 Å². The zero-order valence-electron chi connectivity index (χ0n) is 68.9. The second kappa shape index (κ2) is 38.2. The smallest absolute Gasteiger partial charge is 0.507 e. The maximum Gasteiger partial charge on any atom is 0.514 e. The van der Waals surface area contributed by atoms with Gasteiger partial charge in [-0.2, -0.15) is 0 Å². The molecule has 12 atom stereocenters. The van der Waals surface area contributed by atoms with Gasteiger partial charge < -0.3 is 99.2 Å². The first-order valence-corrected chi connectivity index (χ1v) is 41.8. The first-order valence-electron chi connectivity index (χ1n) is 39.3. The minimum absolute atomic E-state index is 0.00568. The molecule has 35 heteroatoms. The molecule has 2 spiro atoms. The molecule has 8 aromatic carbocycles. The molecule has 2 unspecified atom stereocenters. The summed E-state index contributed by atoms with van der Waals surface area (Å²) in [6.45, 7) is 10.9. The molecule has 1 N–H and O–H groups in total. The number of aromatic hydroxyl groups is 1. The number of carbonyl (C=O) groups excluding carboxylic acids is 9. The lowest BCUT2D eigenvalue weighted by atomic mass is 9.77. The van der Waals surface area contributed by atoms with Crippen LogP contribution < -0.4 is 44.4 Å². The second-order valence-corrected chi connectivity index (χ2v) is 32.1. The van der Waals surface area contributed by atoms with Gasteiger partial charge in [0, 0.05) is 144 Å². The highest BCUT2D eigenvalue weighted by Gasteiger charge is 2.57. The average Bonchev–Trinajstić information content (AvgIpc) is 1.63. The van der Waals surface area contributed by atoms with Crippen LogP contribution in [-0.4, -0.2) is 127 Å². The second-order valence-electron chi connectivity index (χ2n) is 29.5. The molecule has 0 saturated carbocycles. The van der Waals surface area contributed by atoms with Crippen LogP contribution in [0.5, 0.6) is 57.5 Å². The van der Waals surface area contributed by atoms with Crippen LogP contribution in [0.3, 0.4) is 0 Å². The Hall–Kier alpha value is -13.7. The van der Waals surface area contributed by atoms with Crippen molar-refractivity contribution in [2.24, 2.45) is 11.8 Å². The molecule has 0 aliphatic carbocycles. The van der Waals surface area contributed by atoms with Crippen LogP contribution in [0.4, 0.5) is 9.59 Å². The van der Waals surface area contributed by atoms with Gasteiger partial charge in [-0.25, -0.2) is 28.8 Å². The van der Waals surface area contributed by atoms with E-state index in [4.69, 9.17) is 107 Å². The minimum Gasteiger partial charge on any atom is -0.507 e. The van der Waals surface area contributed by atoms with Crippen molar-refractivity contribution in [3.8, 4) is 82.2 Å². The summed E-state index contributed by atoms with van der Waals surface area (Å²) in [5, 5.41) is 10.5. The van der Waals surface area contributed by atoms with Gasteiger partial charge in [-0.15, -0.1) is 12.8 Å². The number of halogens is 3. The SMILES string of the molecule is C#CCOc1ccc2c(c1)Oc1cc(OC(=O)OCc3cc(=O)oc4cc(O)c(Br)cc34)ccc1C21OC(=O)c2ccccc21.C#CCOc1ccc2c(c1)Oc1cc(OC(=O)OCc3cc(=O)oc4cc(O[C@@H]5O[C@H](COC(C)=O)[C@H](OC(C)=O)[C@H](OC(C)=O)[C@H]5OC(C)=O)c(Br)cc34)ccc1C21OC(=O)c2ccccc21.CC[C@H]1O[C@H](Br)[C@H](OC(C)=O)[C@@H](C)[C@H]1C. The first kappa shape index (κ1) is 90.5. The topological polar surface area (TPSA) is 400 Å². The molecule has 660 valence electrons.